The Morgan fingerprint density at radius 3 is 2.50 bits per heavy atom. The van der Waals surface area contributed by atoms with E-state index < -0.39 is 0 Å². The van der Waals surface area contributed by atoms with Crippen LogP contribution in [0.15, 0.2) is 12.1 Å². The minimum Gasteiger partial charge on any atom is -0.354 e. The molecular formula is C16H28ClN3. The third-order valence-corrected chi connectivity index (χ3v) is 3.48. The molecule has 0 aromatic carbocycles. The van der Waals surface area contributed by atoms with E-state index in [2.05, 4.69) is 44.8 Å². The molecule has 0 aliphatic rings. The molecule has 20 heavy (non-hydrogen) atoms. The van der Waals surface area contributed by atoms with Crippen molar-refractivity contribution in [2.24, 2.45) is 5.92 Å². The number of hydrogen-bond donors (Lipinski definition) is 1. The summed E-state index contributed by atoms with van der Waals surface area (Å²) in [4.78, 5) is 7.06. The molecule has 1 heterocycles. The first-order valence-corrected chi connectivity index (χ1v) is 7.96. The number of nitrogens with one attached hydrogen (secondary N) is 1. The van der Waals surface area contributed by atoms with Crippen molar-refractivity contribution in [2.75, 3.05) is 18.0 Å². The van der Waals surface area contributed by atoms with Crippen LogP contribution in [-0.4, -0.2) is 24.1 Å². The average Bonchev–Trinajstić information content (AvgIpc) is 2.37. The number of nitrogens with zero attached hydrogens (tertiary/aromatic N) is 2. The topological polar surface area (TPSA) is 28.2 Å². The third-order valence-electron chi connectivity index (χ3n) is 3.13. The van der Waals surface area contributed by atoms with E-state index in [1.54, 1.807) is 0 Å². The van der Waals surface area contributed by atoms with Gasteiger partial charge in [0.15, 0.2) is 0 Å². The van der Waals surface area contributed by atoms with Crippen LogP contribution in [-0.2, 0) is 6.54 Å². The van der Waals surface area contributed by atoms with Gasteiger partial charge >= 0.3 is 0 Å². The molecule has 4 heteroatoms. The van der Waals surface area contributed by atoms with Crippen molar-refractivity contribution in [3.8, 4) is 0 Å². The summed E-state index contributed by atoms with van der Waals surface area (Å²) in [6, 6.07) is 4.42. The Bertz CT molecular complexity index is 405. The average molecular weight is 298 g/mol. The summed E-state index contributed by atoms with van der Waals surface area (Å²) in [5.41, 5.74) is 0.937. The molecule has 0 unspecified atom stereocenters. The lowest BCUT2D eigenvalue weighted by Gasteiger charge is -2.28. The van der Waals surface area contributed by atoms with Crippen molar-refractivity contribution in [2.45, 2.75) is 53.6 Å². The molecule has 3 nitrogen and oxygen atoms in total. The number of hydrogen-bond acceptors (Lipinski definition) is 3. The van der Waals surface area contributed by atoms with Crippen LogP contribution in [0.4, 0.5) is 5.82 Å². The van der Waals surface area contributed by atoms with Crippen LogP contribution >= 0.6 is 11.6 Å². The van der Waals surface area contributed by atoms with E-state index in [1.807, 2.05) is 12.1 Å². The van der Waals surface area contributed by atoms with Gasteiger partial charge in [0.2, 0.25) is 0 Å². The van der Waals surface area contributed by atoms with Gasteiger partial charge in [0, 0.05) is 19.1 Å². The monoisotopic (exact) mass is 297 g/mol. The quantitative estimate of drug-likeness (QED) is 0.783. The van der Waals surface area contributed by atoms with Gasteiger partial charge in [-0.2, -0.15) is 0 Å². The molecule has 0 bridgehead atoms. The van der Waals surface area contributed by atoms with E-state index in [9.17, 15) is 0 Å². The lowest BCUT2D eigenvalue weighted by Crippen LogP contribution is -2.32. The zero-order chi connectivity index (χ0) is 15.1. The van der Waals surface area contributed by atoms with Crippen molar-refractivity contribution in [1.82, 2.24) is 10.3 Å². The minimum absolute atomic E-state index is 0.445. The Balaban J connectivity index is 2.83. The molecule has 0 aliphatic heterocycles. The molecule has 1 N–H and O–H groups in total. The van der Waals surface area contributed by atoms with Crippen LogP contribution in [0.1, 0.15) is 46.7 Å². The number of halogens is 1. The fraction of sp³-hybridized carbons (Fsp3) is 0.688. The summed E-state index contributed by atoms with van der Waals surface area (Å²) in [5.74, 6) is 1.65. The van der Waals surface area contributed by atoms with Gasteiger partial charge < -0.3 is 10.2 Å². The normalized spacial score (nSPS) is 11.4. The van der Waals surface area contributed by atoms with Crippen LogP contribution in [0.25, 0.3) is 0 Å². The van der Waals surface area contributed by atoms with Crippen LogP contribution < -0.4 is 10.2 Å². The molecule has 1 rings (SSSR count). The smallest absolute Gasteiger partial charge is 0.129 e. The fourth-order valence-corrected chi connectivity index (χ4v) is 2.29. The highest BCUT2D eigenvalue weighted by molar-refractivity contribution is 6.31. The van der Waals surface area contributed by atoms with Gasteiger partial charge in [0.25, 0.3) is 0 Å². The van der Waals surface area contributed by atoms with Gasteiger partial charge in [-0.15, -0.1) is 0 Å². The lowest BCUT2D eigenvalue weighted by atomic mass is 10.2. The van der Waals surface area contributed by atoms with Crippen molar-refractivity contribution in [3.63, 3.8) is 0 Å². The van der Waals surface area contributed by atoms with E-state index in [4.69, 9.17) is 16.6 Å². The highest BCUT2D eigenvalue weighted by Crippen LogP contribution is 2.21. The van der Waals surface area contributed by atoms with E-state index in [-0.39, 0.29) is 0 Å². The molecule has 0 radical (unpaired) electrons. The molecule has 0 amide bonds. The Hall–Kier alpha value is -0.800. The summed E-state index contributed by atoms with van der Waals surface area (Å²) in [5, 5.41) is 4.14. The maximum absolute atomic E-state index is 6.25. The predicted molar refractivity (Wildman–Crippen MR) is 88.6 cm³/mol. The van der Waals surface area contributed by atoms with Gasteiger partial charge in [0.1, 0.15) is 5.82 Å². The highest BCUT2D eigenvalue weighted by Gasteiger charge is 2.13. The predicted octanol–water partition coefficient (Wildman–Crippen LogP) is 4.11. The molecule has 0 aliphatic carbocycles. The first-order valence-electron chi connectivity index (χ1n) is 7.58. The minimum atomic E-state index is 0.445. The molecule has 0 saturated heterocycles. The number of aromatic nitrogens is 1. The maximum Gasteiger partial charge on any atom is 0.129 e. The second-order valence-electron chi connectivity index (χ2n) is 5.91. The van der Waals surface area contributed by atoms with E-state index in [0.29, 0.717) is 12.0 Å². The molecular weight excluding hydrogens is 270 g/mol. The van der Waals surface area contributed by atoms with Gasteiger partial charge in [-0.05, 0) is 44.9 Å². The molecule has 0 fully saturated rings. The van der Waals surface area contributed by atoms with Crippen LogP contribution in [0.3, 0.4) is 0 Å². The van der Waals surface area contributed by atoms with Crippen LogP contribution in [0, 0.1) is 5.92 Å². The molecule has 1 aromatic heterocycles. The Kier molecular flexibility index (Phi) is 7.31. The molecule has 0 spiro atoms. The number of rotatable bonds is 8. The zero-order valence-corrected chi connectivity index (χ0v) is 14.2. The van der Waals surface area contributed by atoms with Gasteiger partial charge in [-0.3, -0.25) is 0 Å². The second-order valence-corrected chi connectivity index (χ2v) is 6.32. The largest absolute Gasteiger partial charge is 0.354 e. The second kappa shape index (κ2) is 8.48. The summed E-state index contributed by atoms with van der Waals surface area (Å²) in [6.45, 7) is 13.7. The number of pyridine rings is 1. The van der Waals surface area contributed by atoms with Crippen LogP contribution in [0.2, 0.25) is 5.02 Å². The van der Waals surface area contributed by atoms with Crippen LogP contribution in [0.5, 0.6) is 0 Å². The molecule has 1 aromatic rings. The van der Waals surface area contributed by atoms with Gasteiger partial charge in [-0.1, -0.05) is 32.4 Å². The third kappa shape index (κ3) is 5.29. The summed E-state index contributed by atoms with van der Waals surface area (Å²) >= 11 is 6.25. The highest BCUT2D eigenvalue weighted by atomic mass is 35.5. The SMILES string of the molecule is CCCN(c1ccc(Cl)c(CNCC(C)C)n1)C(C)C. The first-order chi connectivity index (χ1) is 9.45. The zero-order valence-electron chi connectivity index (χ0n) is 13.4. The number of anilines is 1. The molecule has 0 atom stereocenters. The Morgan fingerprint density at radius 2 is 1.95 bits per heavy atom. The standard InChI is InChI=1S/C16H28ClN3/c1-6-9-20(13(4)5)16-8-7-14(17)15(19-16)11-18-10-12(2)3/h7-8,12-13,18H,6,9-11H2,1-5H3. The van der Waals surface area contributed by atoms with Crippen molar-refractivity contribution < 1.29 is 0 Å². The van der Waals surface area contributed by atoms with E-state index >= 15 is 0 Å². The summed E-state index contributed by atoms with van der Waals surface area (Å²) in [7, 11) is 0. The first kappa shape index (κ1) is 17.3. The Morgan fingerprint density at radius 1 is 1.25 bits per heavy atom. The lowest BCUT2D eigenvalue weighted by molar-refractivity contribution is 0.547. The van der Waals surface area contributed by atoms with Crippen molar-refractivity contribution in [3.05, 3.63) is 22.8 Å². The summed E-state index contributed by atoms with van der Waals surface area (Å²) < 4.78 is 0. The fourth-order valence-electron chi connectivity index (χ4n) is 2.11. The van der Waals surface area contributed by atoms with Crippen molar-refractivity contribution >= 4 is 17.4 Å². The van der Waals surface area contributed by atoms with E-state index in [1.165, 1.54) is 0 Å². The molecule has 114 valence electrons. The van der Waals surface area contributed by atoms with Crippen molar-refractivity contribution in [1.29, 1.82) is 0 Å². The van der Waals surface area contributed by atoms with E-state index in [0.717, 1.165) is 42.6 Å². The molecule has 0 saturated carbocycles. The van der Waals surface area contributed by atoms with Gasteiger partial charge in [0.05, 0.1) is 10.7 Å². The maximum atomic E-state index is 6.25. The Labute approximate surface area is 128 Å². The summed E-state index contributed by atoms with van der Waals surface area (Å²) in [6.07, 6.45) is 1.11. The van der Waals surface area contributed by atoms with Gasteiger partial charge in [-0.25, -0.2) is 4.98 Å².